The Morgan fingerprint density at radius 1 is 1.19 bits per heavy atom. The number of thiophene rings is 1. The van der Waals surface area contributed by atoms with Crippen molar-refractivity contribution in [1.82, 2.24) is 14.9 Å². The van der Waals surface area contributed by atoms with Crippen LogP contribution in [0.25, 0.3) is 10.2 Å². The van der Waals surface area contributed by atoms with Crippen LogP contribution in [0.15, 0.2) is 18.2 Å². The number of hydrogen-bond acceptors (Lipinski definition) is 7. The molecule has 6 nitrogen and oxygen atoms in total. The van der Waals surface area contributed by atoms with Gasteiger partial charge in [0.25, 0.3) is 0 Å². The van der Waals surface area contributed by atoms with Gasteiger partial charge in [0.2, 0.25) is 0 Å². The van der Waals surface area contributed by atoms with Crippen molar-refractivity contribution in [3.63, 3.8) is 0 Å². The lowest BCUT2D eigenvalue weighted by Gasteiger charge is -2.26. The minimum Gasteiger partial charge on any atom is -0.494 e. The zero-order valence-corrected chi connectivity index (χ0v) is 19.5. The average molecular weight is 457 g/mol. The molecule has 0 saturated carbocycles. The van der Waals surface area contributed by atoms with E-state index < -0.39 is 0 Å². The van der Waals surface area contributed by atoms with Crippen LogP contribution in [0.3, 0.4) is 0 Å². The first-order valence-electron chi connectivity index (χ1n) is 11.3. The van der Waals surface area contributed by atoms with E-state index in [0.29, 0.717) is 6.54 Å². The smallest absolute Gasteiger partial charge is 0.165 e. The molecule has 0 radical (unpaired) electrons. The van der Waals surface area contributed by atoms with E-state index in [4.69, 9.17) is 19.4 Å². The Balaban J connectivity index is 1.51. The maximum atomic E-state index is 14.3. The van der Waals surface area contributed by atoms with Crippen molar-refractivity contribution in [1.29, 1.82) is 0 Å². The molecule has 2 aromatic heterocycles. The highest BCUT2D eigenvalue weighted by Gasteiger charge is 2.24. The van der Waals surface area contributed by atoms with Gasteiger partial charge in [0.15, 0.2) is 11.6 Å². The van der Waals surface area contributed by atoms with Crippen LogP contribution in [-0.4, -0.2) is 55.3 Å². The maximum Gasteiger partial charge on any atom is 0.165 e. The van der Waals surface area contributed by atoms with Crippen molar-refractivity contribution in [2.45, 2.75) is 38.8 Å². The largest absolute Gasteiger partial charge is 0.494 e. The van der Waals surface area contributed by atoms with Crippen LogP contribution in [0.2, 0.25) is 0 Å². The van der Waals surface area contributed by atoms with Crippen LogP contribution < -0.4 is 9.64 Å². The molecule has 5 rings (SSSR count). The Bertz CT molecular complexity index is 1110. The summed E-state index contributed by atoms with van der Waals surface area (Å²) in [6.45, 7) is 4.60. The monoisotopic (exact) mass is 456 g/mol. The van der Waals surface area contributed by atoms with Crippen molar-refractivity contribution in [3.8, 4) is 5.75 Å². The van der Waals surface area contributed by atoms with E-state index in [0.717, 1.165) is 67.7 Å². The van der Waals surface area contributed by atoms with E-state index in [1.54, 1.807) is 12.1 Å². The average Bonchev–Trinajstić information content (AvgIpc) is 3.18. The van der Waals surface area contributed by atoms with Gasteiger partial charge in [-0.25, -0.2) is 14.4 Å². The molecule has 8 heteroatoms. The molecule has 0 amide bonds. The number of halogens is 1. The van der Waals surface area contributed by atoms with Crippen LogP contribution in [0.5, 0.6) is 5.75 Å². The number of methoxy groups -OCH3 is 1. The topological polar surface area (TPSA) is 50.7 Å². The molecule has 170 valence electrons. The van der Waals surface area contributed by atoms with Gasteiger partial charge in [0.05, 0.1) is 32.3 Å². The predicted molar refractivity (Wildman–Crippen MR) is 125 cm³/mol. The lowest BCUT2D eigenvalue weighted by molar-refractivity contribution is 0.0331. The number of nitrogens with zero attached hydrogens (tertiary/aromatic N) is 4. The summed E-state index contributed by atoms with van der Waals surface area (Å²) in [5.41, 5.74) is 2.30. The molecular weight excluding hydrogens is 427 g/mol. The summed E-state index contributed by atoms with van der Waals surface area (Å²) in [5, 5.41) is 1.19. The number of ether oxygens (including phenoxy) is 2. The second kappa shape index (κ2) is 9.29. The number of benzene rings is 1. The Morgan fingerprint density at radius 2 is 2.00 bits per heavy atom. The van der Waals surface area contributed by atoms with E-state index in [1.807, 2.05) is 24.5 Å². The van der Waals surface area contributed by atoms with Gasteiger partial charge in [-0.15, -0.1) is 11.3 Å². The van der Waals surface area contributed by atoms with E-state index >= 15 is 0 Å². The summed E-state index contributed by atoms with van der Waals surface area (Å²) in [6.07, 6.45) is 4.66. The third-order valence-corrected chi connectivity index (χ3v) is 7.49. The highest BCUT2D eigenvalue weighted by Crippen LogP contribution is 2.40. The first kappa shape index (κ1) is 21.6. The molecule has 3 aromatic rings. The first-order valence-corrected chi connectivity index (χ1v) is 12.1. The van der Waals surface area contributed by atoms with Gasteiger partial charge in [-0.05, 0) is 48.9 Å². The van der Waals surface area contributed by atoms with Crippen molar-refractivity contribution < 1.29 is 13.9 Å². The third kappa shape index (κ3) is 4.31. The van der Waals surface area contributed by atoms with Crippen molar-refractivity contribution in [2.75, 3.05) is 45.4 Å². The van der Waals surface area contributed by atoms with Gasteiger partial charge in [-0.2, -0.15) is 0 Å². The van der Waals surface area contributed by atoms with Crippen LogP contribution >= 0.6 is 11.3 Å². The Morgan fingerprint density at radius 3 is 2.78 bits per heavy atom. The summed E-state index contributed by atoms with van der Waals surface area (Å²) in [6, 6.07) is 5.14. The SMILES string of the molecule is COc1ccc(CN(C)c2nc(CN3CCOCC3)nc3sc4c(c23)CCCC4)cc1F. The Labute approximate surface area is 192 Å². The normalized spacial score (nSPS) is 16.8. The summed E-state index contributed by atoms with van der Waals surface area (Å²) in [4.78, 5) is 17.0. The van der Waals surface area contributed by atoms with Gasteiger partial charge in [0, 0.05) is 31.6 Å². The molecule has 0 atom stereocenters. The number of morpholine rings is 1. The number of anilines is 1. The summed E-state index contributed by atoms with van der Waals surface area (Å²) >= 11 is 1.82. The molecule has 1 saturated heterocycles. The van der Waals surface area contributed by atoms with Gasteiger partial charge in [-0.1, -0.05) is 6.07 Å². The molecule has 0 unspecified atom stereocenters. The Hall–Kier alpha value is -2.29. The lowest BCUT2D eigenvalue weighted by atomic mass is 9.97. The first-order chi connectivity index (χ1) is 15.6. The van der Waals surface area contributed by atoms with Crippen LogP contribution in [0, 0.1) is 5.82 Å². The Kier molecular flexibility index (Phi) is 6.26. The van der Waals surface area contributed by atoms with Crippen LogP contribution in [0.4, 0.5) is 10.2 Å². The second-order valence-corrected chi connectivity index (χ2v) is 9.65. The van der Waals surface area contributed by atoms with Crippen molar-refractivity contribution in [2.24, 2.45) is 0 Å². The van der Waals surface area contributed by atoms with Gasteiger partial charge < -0.3 is 14.4 Å². The van der Waals surface area contributed by atoms with E-state index in [1.165, 1.54) is 35.8 Å². The molecule has 2 aliphatic rings. The summed E-state index contributed by atoms with van der Waals surface area (Å²) in [5.74, 6) is 1.72. The number of aryl methyl sites for hydroxylation is 2. The second-order valence-electron chi connectivity index (χ2n) is 8.57. The van der Waals surface area contributed by atoms with Crippen molar-refractivity contribution in [3.05, 3.63) is 45.8 Å². The van der Waals surface area contributed by atoms with Gasteiger partial charge >= 0.3 is 0 Å². The molecule has 1 fully saturated rings. The highest BCUT2D eigenvalue weighted by atomic mass is 32.1. The molecule has 1 aliphatic heterocycles. The fourth-order valence-corrected chi connectivity index (χ4v) is 5.92. The fraction of sp³-hybridized carbons (Fsp3) is 0.500. The zero-order chi connectivity index (χ0) is 22.1. The number of fused-ring (bicyclic) bond motifs is 3. The van der Waals surface area contributed by atoms with Crippen LogP contribution in [-0.2, 0) is 30.7 Å². The van der Waals surface area contributed by atoms with Gasteiger partial charge in [-0.3, -0.25) is 4.90 Å². The third-order valence-electron chi connectivity index (χ3n) is 6.31. The van der Waals surface area contributed by atoms with Crippen molar-refractivity contribution >= 4 is 27.4 Å². The minimum absolute atomic E-state index is 0.264. The molecule has 1 aliphatic carbocycles. The number of hydrogen-bond donors (Lipinski definition) is 0. The summed E-state index contributed by atoms with van der Waals surface area (Å²) in [7, 11) is 3.52. The molecule has 32 heavy (non-hydrogen) atoms. The molecule has 3 heterocycles. The van der Waals surface area contributed by atoms with Gasteiger partial charge in [0.1, 0.15) is 16.5 Å². The zero-order valence-electron chi connectivity index (χ0n) is 18.7. The standard InChI is InChI=1S/C24H29FN4O2S/c1-28(14-16-7-8-19(30-2)18(25)13-16)23-22-17-5-3-4-6-20(17)32-24(22)27-21(26-23)15-29-9-11-31-12-10-29/h7-8,13H,3-6,9-12,14-15H2,1-2H3. The molecule has 0 bridgehead atoms. The molecule has 0 N–H and O–H groups in total. The molecule has 0 spiro atoms. The molecular formula is C24H29FN4O2S. The van der Waals surface area contributed by atoms with E-state index in [2.05, 4.69) is 9.80 Å². The molecule has 1 aromatic carbocycles. The maximum absolute atomic E-state index is 14.3. The highest BCUT2D eigenvalue weighted by molar-refractivity contribution is 7.19. The number of aromatic nitrogens is 2. The fourth-order valence-electron chi connectivity index (χ4n) is 4.64. The van der Waals surface area contributed by atoms with E-state index in [-0.39, 0.29) is 11.6 Å². The van der Waals surface area contributed by atoms with E-state index in [9.17, 15) is 4.39 Å². The quantitative estimate of drug-likeness (QED) is 0.555. The lowest BCUT2D eigenvalue weighted by Crippen LogP contribution is -2.36. The minimum atomic E-state index is -0.341. The van der Waals surface area contributed by atoms with Crippen LogP contribution in [0.1, 0.15) is 34.7 Å². The number of rotatable bonds is 6. The predicted octanol–water partition coefficient (Wildman–Crippen LogP) is 4.19. The summed E-state index contributed by atoms with van der Waals surface area (Å²) < 4.78 is 24.8.